The van der Waals surface area contributed by atoms with E-state index >= 15 is 0 Å². The molecule has 1 atom stereocenters. The maximum absolute atomic E-state index is 12.0. The summed E-state index contributed by atoms with van der Waals surface area (Å²) in [6.07, 6.45) is 0. The Kier molecular flexibility index (Phi) is 4.95. The van der Waals surface area contributed by atoms with E-state index in [1.807, 2.05) is 36.4 Å². The van der Waals surface area contributed by atoms with E-state index in [1.54, 1.807) is 19.1 Å². The smallest absolute Gasteiger partial charge is 0.313 e. The Morgan fingerprint density at radius 1 is 1.19 bits per heavy atom. The summed E-state index contributed by atoms with van der Waals surface area (Å²) in [4.78, 5) is 12.0. The Hall–Kier alpha value is -2.33. The number of esters is 1. The number of ether oxygens (including phenoxy) is 1. The first kappa shape index (κ1) is 15.1. The van der Waals surface area contributed by atoms with Gasteiger partial charge in [0.05, 0.1) is 12.5 Å². The zero-order valence-corrected chi connectivity index (χ0v) is 12.0. The van der Waals surface area contributed by atoms with E-state index < -0.39 is 0 Å². The van der Waals surface area contributed by atoms with Crippen LogP contribution < -0.4 is 5.73 Å². The average molecular weight is 285 g/mol. The van der Waals surface area contributed by atoms with Crippen LogP contribution >= 0.6 is 0 Å². The third kappa shape index (κ3) is 4.07. The van der Waals surface area contributed by atoms with Crippen molar-refractivity contribution in [2.24, 2.45) is 0 Å². The molecule has 0 saturated heterocycles. The van der Waals surface area contributed by atoms with Crippen molar-refractivity contribution in [3.8, 4) is 0 Å². The maximum atomic E-state index is 12.0. The Labute approximate surface area is 124 Å². The molecule has 110 valence electrons. The molecule has 4 heteroatoms. The van der Waals surface area contributed by atoms with Crippen LogP contribution in [-0.4, -0.2) is 11.1 Å². The van der Waals surface area contributed by atoms with Crippen molar-refractivity contribution in [2.75, 3.05) is 5.73 Å². The van der Waals surface area contributed by atoms with Gasteiger partial charge >= 0.3 is 5.97 Å². The van der Waals surface area contributed by atoms with Gasteiger partial charge in [-0.15, -0.1) is 0 Å². The summed E-state index contributed by atoms with van der Waals surface area (Å²) in [6, 6.07) is 14.5. The molecule has 0 aliphatic carbocycles. The van der Waals surface area contributed by atoms with Crippen molar-refractivity contribution in [2.45, 2.75) is 26.1 Å². The Balaban J connectivity index is 1.94. The lowest BCUT2D eigenvalue weighted by Gasteiger charge is -2.12. The van der Waals surface area contributed by atoms with Gasteiger partial charge in [-0.1, -0.05) is 36.4 Å². The quantitative estimate of drug-likeness (QED) is 0.654. The number of carbonyl (C=O) groups excluding carboxylic acids is 1. The fourth-order valence-electron chi connectivity index (χ4n) is 1.98. The highest BCUT2D eigenvalue weighted by Gasteiger charge is 2.16. The fourth-order valence-corrected chi connectivity index (χ4v) is 1.98. The first-order valence-corrected chi connectivity index (χ1v) is 6.81. The Bertz CT molecular complexity index is 608. The van der Waals surface area contributed by atoms with Crippen LogP contribution in [0.3, 0.4) is 0 Å². The van der Waals surface area contributed by atoms with Crippen LogP contribution in [0, 0.1) is 0 Å². The molecule has 4 nitrogen and oxygen atoms in total. The van der Waals surface area contributed by atoms with Gasteiger partial charge < -0.3 is 15.6 Å². The van der Waals surface area contributed by atoms with Crippen molar-refractivity contribution in [3.05, 3.63) is 65.2 Å². The number of rotatable bonds is 5. The number of nitrogens with two attached hydrogens (primary N) is 1. The van der Waals surface area contributed by atoms with E-state index in [1.165, 1.54) is 0 Å². The standard InChI is InChI=1S/C17H19NO3/c1-12(15-3-2-4-16(18)9-15)17(20)21-11-14-7-5-13(10-19)6-8-14/h2-9,12,19H,10-11,18H2,1H3. The van der Waals surface area contributed by atoms with Crippen molar-refractivity contribution < 1.29 is 14.6 Å². The third-order valence-corrected chi connectivity index (χ3v) is 3.35. The molecule has 2 aromatic carbocycles. The lowest BCUT2D eigenvalue weighted by molar-refractivity contribution is -0.146. The lowest BCUT2D eigenvalue weighted by atomic mass is 10.0. The predicted molar refractivity (Wildman–Crippen MR) is 81.4 cm³/mol. The van der Waals surface area contributed by atoms with E-state index in [0.29, 0.717) is 5.69 Å². The zero-order valence-electron chi connectivity index (χ0n) is 12.0. The minimum absolute atomic E-state index is 0.00648. The normalized spacial score (nSPS) is 11.9. The average Bonchev–Trinajstić information content (AvgIpc) is 2.52. The molecular formula is C17H19NO3. The topological polar surface area (TPSA) is 72.5 Å². The lowest BCUT2D eigenvalue weighted by Crippen LogP contribution is -2.13. The molecule has 0 spiro atoms. The van der Waals surface area contributed by atoms with Gasteiger partial charge in [-0.2, -0.15) is 0 Å². The molecule has 1 unspecified atom stereocenters. The highest BCUT2D eigenvalue weighted by molar-refractivity contribution is 5.78. The first-order valence-electron chi connectivity index (χ1n) is 6.81. The van der Waals surface area contributed by atoms with Crippen LogP contribution in [0.2, 0.25) is 0 Å². The Morgan fingerprint density at radius 3 is 2.48 bits per heavy atom. The number of aliphatic hydroxyl groups excluding tert-OH is 1. The number of hydrogen-bond donors (Lipinski definition) is 2. The van der Waals surface area contributed by atoms with Gasteiger partial charge in [-0.25, -0.2) is 0 Å². The van der Waals surface area contributed by atoms with Crippen molar-refractivity contribution >= 4 is 11.7 Å². The predicted octanol–water partition coefficient (Wildman–Crippen LogP) is 2.61. The van der Waals surface area contributed by atoms with Crippen LogP contribution in [0.25, 0.3) is 0 Å². The van der Waals surface area contributed by atoms with E-state index in [2.05, 4.69) is 0 Å². The van der Waals surface area contributed by atoms with E-state index in [0.717, 1.165) is 16.7 Å². The minimum atomic E-state index is -0.356. The zero-order chi connectivity index (χ0) is 15.2. The van der Waals surface area contributed by atoms with Crippen LogP contribution in [-0.2, 0) is 22.7 Å². The van der Waals surface area contributed by atoms with Gasteiger partial charge in [0.1, 0.15) is 6.61 Å². The Morgan fingerprint density at radius 2 is 1.86 bits per heavy atom. The molecular weight excluding hydrogens is 266 g/mol. The number of aliphatic hydroxyl groups is 1. The summed E-state index contributed by atoms with van der Waals surface area (Å²) in [5.74, 6) is -0.642. The molecule has 0 heterocycles. The van der Waals surface area contributed by atoms with Gasteiger partial charge in [0.15, 0.2) is 0 Å². The number of benzene rings is 2. The molecule has 0 amide bonds. The van der Waals surface area contributed by atoms with Crippen molar-refractivity contribution in [3.63, 3.8) is 0 Å². The second kappa shape index (κ2) is 6.90. The summed E-state index contributed by atoms with van der Waals surface area (Å²) in [7, 11) is 0. The fraction of sp³-hybridized carbons (Fsp3) is 0.235. The third-order valence-electron chi connectivity index (χ3n) is 3.35. The molecule has 0 aromatic heterocycles. The molecule has 0 bridgehead atoms. The van der Waals surface area contributed by atoms with E-state index in [-0.39, 0.29) is 25.1 Å². The van der Waals surface area contributed by atoms with E-state index in [9.17, 15) is 4.79 Å². The summed E-state index contributed by atoms with van der Waals surface area (Å²) in [5.41, 5.74) is 8.91. The van der Waals surface area contributed by atoms with Gasteiger partial charge in [0.25, 0.3) is 0 Å². The molecule has 2 rings (SSSR count). The van der Waals surface area contributed by atoms with Crippen LogP contribution in [0.1, 0.15) is 29.5 Å². The molecule has 0 radical (unpaired) electrons. The maximum Gasteiger partial charge on any atom is 0.313 e. The molecule has 21 heavy (non-hydrogen) atoms. The second-order valence-corrected chi connectivity index (χ2v) is 4.97. The van der Waals surface area contributed by atoms with Gasteiger partial charge in [-0.05, 0) is 35.7 Å². The van der Waals surface area contributed by atoms with Crippen molar-refractivity contribution in [1.82, 2.24) is 0 Å². The van der Waals surface area contributed by atoms with Gasteiger partial charge in [0, 0.05) is 5.69 Å². The second-order valence-electron chi connectivity index (χ2n) is 4.97. The molecule has 0 saturated carbocycles. The highest BCUT2D eigenvalue weighted by Crippen LogP contribution is 2.19. The molecule has 3 N–H and O–H groups in total. The monoisotopic (exact) mass is 285 g/mol. The molecule has 0 aliphatic heterocycles. The SMILES string of the molecule is CC(C(=O)OCc1ccc(CO)cc1)c1cccc(N)c1. The first-order chi connectivity index (χ1) is 10.1. The number of carbonyl (C=O) groups is 1. The molecule has 0 aliphatic rings. The van der Waals surface area contributed by atoms with Crippen LogP contribution in [0.15, 0.2) is 48.5 Å². The van der Waals surface area contributed by atoms with Crippen LogP contribution in [0.5, 0.6) is 0 Å². The van der Waals surface area contributed by atoms with E-state index in [4.69, 9.17) is 15.6 Å². The number of anilines is 1. The van der Waals surface area contributed by atoms with Gasteiger partial charge in [-0.3, -0.25) is 4.79 Å². The highest BCUT2D eigenvalue weighted by atomic mass is 16.5. The minimum Gasteiger partial charge on any atom is -0.460 e. The summed E-state index contributed by atoms with van der Waals surface area (Å²) in [6.45, 7) is 2.02. The van der Waals surface area contributed by atoms with Crippen molar-refractivity contribution in [1.29, 1.82) is 0 Å². The largest absolute Gasteiger partial charge is 0.460 e. The van der Waals surface area contributed by atoms with Crippen LogP contribution in [0.4, 0.5) is 5.69 Å². The molecule has 0 fully saturated rings. The number of nitrogen functional groups attached to an aromatic ring is 1. The summed E-state index contributed by atoms with van der Waals surface area (Å²) in [5, 5.41) is 8.97. The summed E-state index contributed by atoms with van der Waals surface area (Å²) < 4.78 is 5.32. The number of hydrogen-bond acceptors (Lipinski definition) is 4. The van der Waals surface area contributed by atoms with Gasteiger partial charge in [0.2, 0.25) is 0 Å². The molecule has 2 aromatic rings. The summed E-state index contributed by atoms with van der Waals surface area (Å²) >= 11 is 0.